The number of amidine groups is 1. The molecule has 0 spiro atoms. The summed E-state index contributed by atoms with van der Waals surface area (Å²) in [7, 11) is 0. The molecule has 0 bridgehead atoms. The molecule has 4 nitrogen and oxygen atoms in total. The van der Waals surface area contributed by atoms with E-state index < -0.39 is 0 Å². The first-order chi connectivity index (χ1) is 10.7. The first kappa shape index (κ1) is 14.5. The maximum atomic E-state index is 13.3. The van der Waals surface area contributed by atoms with Gasteiger partial charge >= 0.3 is 0 Å². The zero-order valence-electron chi connectivity index (χ0n) is 11.7. The lowest BCUT2D eigenvalue weighted by atomic mass is 10.2. The molecular formula is C16H14ClFN4. The fourth-order valence-corrected chi connectivity index (χ4v) is 2.33. The topological polar surface area (TPSA) is 56.2 Å². The molecular weight excluding hydrogens is 303 g/mol. The van der Waals surface area contributed by atoms with Crippen LogP contribution in [0.25, 0.3) is 10.9 Å². The third-order valence-electron chi connectivity index (χ3n) is 3.26. The van der Waals surface area contributed by atoms with Crippen LogP contribution in [0.15, 0.2) is 53.7 Å². The van der Waals surface area contributed by atoms with E-state index in [4.69, 9.17) is 17.3 Å². The van der Waals surface area contributed by atoms with Gasteiger partial charge in [-0.15, -0.1) is 11.6 Å². The molecule has 2 aromatic carbocycles. The van der Waals surface area contributed by atoms with Crippen LogP contribution in [0.4, 0.5) is 10.1 Å². The van der Waals surface area contributed by atoms with Gasteiger partial charge < -0.3 is 5.73 Å². The van der Waals surface area contributed by atoms with Gasteiger partial charge in [-0.3, -0.25) is 4.68 Å². The van der Waals surface area contributed by atoms with Gasteiger partial charge in [0.1, 0.15) is 11.7 Å². The van der Waals surface area contributed by atoms with Crippen molar-refractivity contribution < 1.29 is 4.39 Å². The maximum Gasteiger partial charge on any atom is 0.123 e. The number of nitrogens with two attached hydrogens (primary N) is 1. The van der Waals surface area contributed by atoms with Crippen LogP contribution in [-0.4, -0.2) is 21.5 Å². The summed E-state index contributed by atoms with van der Waals surface area (Å²) in [4.78, 5) is 4.21. The van der Waals surface area contributed by atoms with E-state index in [0.717, 1.165) is 22.2 Å². The lowest BCUT2D eigenvalue weighted by Gasteiger charge is -2.04. The van der Waals surface area contributed by atoms with Crippen molar-refractivity contribution in [2.75, 3.05) is 5.88 Å². The Bertz CT molecular complexity index is 841. The largest absolute Gasteiger partial charge is 0.386 e. The molecule has 0 fully saturated rings. The van der Waals surface area contributed by atoms with Crippen LogP contribution in [-0.2, 0) is 6.54 Å². The van der Waals surface area contributed by atoms with Crippen molar-refractivity contribution in [1.29, 1.82) is 0 Å². The summed E-state index contributed by atoms with van der Waals surface area (Å²) in [5, 5.41) is 5.29. The molecule has 0 radical (unpaired) electrons. The summed E-state index contributed by atoms with van der Waals surface area (Å²) < 4.78 is 15.1. The molecule has 0 aliphatic rings. The summed E-state index contributed by atoms with van der Waals surface area (Å²) in [6, 6.07) is 12.2. The van der Waals surface area contributed by atoms with E-state index in [1.54, 1.807) is 12.3 Å². The Morgan fingerprint density at radius 1 is 1.27 bits per heavy atom. The summed E-state index contributed by atoms with van der Waals surface area (Å²) in [5.74, 6) is 0.312. The highest BCUT2D eigenvalue weighted by Gasteiger charge is 2.05. The van der Waals surface area contributed by atoms with Crippen molar-refractivity contribution >= 4 is 34.0 Å². The van der Waals surface area contributed by atoms with Crippen LogP contribution >= 0.6 is 11.6 Å². The van der Waals surface area contributed by atoms with E-state index in [2.05, 4.69) is 10.1 Å². The molecule has 0 amide bonds. The fourth-order valence-electron chi connectivity index (χ4n) is 2.27. The summed E-state index contributed by atoms with van der Waals surface area (Å²) in [5.41, 5.74) is 8.18. The second-order valence-electron chi connectivity index (χ2n) is 4.91. The van der Waals surface area contributed by atoms with Gasteiger partial charge in [-0.1, -0.05) is 12.1 Å². The molecule has 3 aromatic rings. The minimum Gasteiger partial charge on any atom is -0.386 e. The van der Waals surface area contributed by atoms with Gasteiger partial charge in [0, 0.05) is 5.39 Å². The number of alkyl halides is 1. The predicted molar refractivity (Wildman–Crippen MR) is 87.2 cm³/mol. The number of hydrogen-bond acceptors (Lipinski definition) is 2. The van der Waals surface area contributed by atoms with Crippen molar-refractivity contribution in [1.82, 2.24) is 9.78 Å². The SMILES string of the molecule is NC(CCl)=Nc1ccc2c(cnn2Cc2cccc(F)c2)c1. The molecule has 0 aliphatic heterocycles. The molecule has 0 atom stereocenters. The number of benzene rings is 2. The van der Waals surface area contributed by atoms with Crippen molar-refractivity contribution in [2.24, 2.45) is 10.7 Å². The third-order valence-corrected chi connectivity index (χ3v) is 3.53. The molecule has 0 aliphatic carbocycles. The van der Waals surface area contributed by atoms with Crippen LogP contribution in [0.5, 0.6) is 0 Å². The van der Waals surface area contributed by atoms with Crippen LogP contribution in [0.2, 0.25) is 0 Å². The molecule has 3 rings (SSSR count). The maximum absolute atomic E-state index is 13.3. The molecule has 0 saturated carbocycles. The molecule has 0 saturated heterocycles. The standard InChI is InChI=1S/C16H14ClFN4/c17-8-16(19)21-14-4-5-15-12(7-14)9-20-22(15)10-11-2-1-3-13(18)6-11/h1-7,9H,8,10H2,(H2,19,21). The van der Waals surface area contributed by atoms with Crippen molar-refractivity contribution in [3.05, 3.63) is 60.0 Å². The Hall–Kier alpha value is -2.40. The number of hydrogen-bond donors (Lipinski definition) is 1. The monoisotopic (exact) mass is 316 g/mol. The molecule has 0 unspecified atom stereocenters. The first-order valence-corrected chi connectivity index (χ1v) is 7.28. The number of nitrogens with zero attached hydrogens (tertiary/aromatic N) is 3. The highest BCUT2D eigenvalue weighted by molar-refractivity contribution is 6.28. The average molecular weight is 317 g/mol. The smallest absolute Gasteiger partial charge is 0.123 e. The minimum atomic E-state index is -0.248. The Labute approximate surface area is 132 Å². The van der Waals surface area contributed by atoms with Crippen LogP contribution in [0.1, 0.15) is 5.56 Å². The summed E-state index contributed by atoms with van der Waals surface area (Å²) in [6.07, 6.45) is 1.75. The Morgan fingerprint density at radius 2 is 2.14 bits per heavy atom. The molecule has 1 heterocycles. The number of aromatic nitrogens is 2. The normalized spacial score (nSPS) is 12.0. The van der Waals surface area contributed by atoms with Crippen LogP contribution in [0, 0.1) is 5.82 Å². The second kappa shape index (κ2) is 6.15. The van der Waals surface area contributed by atoms with Crippen molar-refractivity contribution in [2.45, 2.75) is 6.54 Å². The second-order valence-corrected chi connectivity index (χ2v) is 5.18. The number of fused-ring (bicyclic) bond motifs is 1. The first-order valence-electron chi connectivity index (χ1n) is 6.75. The molecule has 2 N–H and O–H groups in total. The predicted octanol–water partition coefficient (Wildman–Crippen LogP) is 3.45. The number of halogens is 2. The summed E-state index contributed by atoms with van der Waals surface area (Å²) >= 11 is 5.62. The molecule has 1 aromatic heterocycles. The van der Waals surface area contributed by atoms with E-state index in [-0.39, 0.29) is 11.7 Å². The van der Waals surface area contributed by atoms with Crippen molar-refractivity contribution in [3.8, 4) is 0 Å². The van der Waals surface area contributed by atoms with Gasteiger partial charge in [0.15, 0.2) is 0 Å². The lowest BCUT2D eigenvalue weighted by molar-refractivity contribution is 0.621. The highest BCUT2D eigenvalue weighted by Crippen LogP contribution is 2.22. The van der Waals surface area contributed by atoms with Gasteiger partial charge in [0.05, 0.1) is 29.8 Å². The van der Waals surface area contributed by atoms with Crippen LogP contribution < -0.4 is 5.73 Å². The lowest BCUT2D eigenvalue weighted by Crippen LogP contribution is -2.12. The van der Waals surface area contributed by atoms with Gasteiger partial charge in [-0.05, 0) is 35.9 Å². The molecule has 22 heavy (non-hydrogen) atoms. The fraction of sp³-hybridized carbons (Fsp3) is 0.125. The molecule has 6 heteroatoms. The van der Waals surface area contributed by atoms with Gasteiger partial charge in [-0.2, -0.15) is 5.10 Å². The average Bonchev–Trinajstić information content (AvgIpc) is 2.89. The van der Waals surface area contributed by atoms with E-state index in [0.29, 0.717) is 12.4 Å². The number of aliphatic imine (C=N–C) groups is 1. The minimum absolute atomic E-state index is 0.191. The summed E-state index contributed by atoms with van der Waals surface area (Å²) in [6.45, 7) is 0.508. The van der Waals surface area contributed by atoms with Gasteiger partial charge in [0.25, 0.3) is 0 Å². The van der Waals surface area contributed by atoms with E-state index in [9.17, 15) is 4.39 Å². The van der Waals surface area contributed by atoms with E-state index in [1.807, 2.05) is 28.9 Å². The van der Waals surface area contributed by atoms with Crippen LogP contribution in [0.3, 0.4) is 0 Å². The van der Waals surface area contributed by atoms with Crippen molar-refractivity contribution in [3.63, 3.8) is 0 Å². The third kappa shape index (κ3) is 3.09. The molecule has 112 valence electrons. The Morgan fingerprint density at radius 3 is 2.91 bits per heavy atom. The Balaban J connectivity index is 1.92. The van der Waals surface area contributed by atoms with Gasteiger partial charge in [0.2, 0.25) is 0 Å². The van der Waals surface area contributed by atoms with Gasteiger partial charge in [-0.25, -0.2) is 9.38 Å². The zero-order valence-corrected chi connectivity index (χ0v) is 12.5. The zero-order chi connectivity index (χ0) is 15.5. The quantitative estimate of drug-likeness (QED) is 0.455. The number of rotatable bonds is 4. The Kier molecular flexibility index (Phi) is 4.06. The van der Waals surface area contributed by atoms with E-state index in [1.165, 1.54) is 12.1 Å². The highest BCUT2D eigenvalue weighted by atomic mass is 35.5. The van der Waals surface area contributed by atoms with E-state index >= 15 is 0 Å².